The lowest BCUT2D eigenvalue weighted by molar-refractivity contribution is -0.116. The summed E-state index contributed by atoms with van der Waals surface area (Å²) in [5.74, 6) is -0.280. The molecule has 0 spiro atoms. The van der Waals surface area contributed by atoms with Crippen LogP contribution in [0, 0.1) is 5.82 Å². The average Bonchev–Trinajstić information content (AvgIpc) is 2.64. The number of amides is 1. The van der Waals surface area contributed by atoms with Crippen LogP contribution in [0.1, 0.15) is 19.8 Å². The van der Waals surface area contributed by atoms with E-state index < -0.39 is 15.8 Å². The largest absolute Gasteiger partial charge is 0.492 e. The SMILES string of the molecule is CCOc1ccc(Cl)cc1NC(=O)CCCN(C)S(=O)(=O)c1ccc(F)cc1. The summed E-state index contributed by atoms with van der Waals surface area (Å²) in [6.45, 7) is 2.41. The van der Waals surface area contributed by atoms with Gasteiger partial charge in [-0.1, -0.05) is 11.6 Å². The van der Waals surface area contributed by atoms with Crippen molar-refractivity contribution in [3.05, 3.63) is 53.3 Å². The predicted molar refractivity (Wildman–Crippen MR) is 107 cm³/mol. The van der Waals surface area contributed by atoms with Gasteiger partial charge in [0.2, 0.25) is 15.9 Å². The molecule has 1 amide bonds. The third-order valence-corrected chi connectivity index (χ3v) is 6.02. The van der Waals surface area contributed by atoms with Gasteiger partial charge in [-0.05, 0) is 55.8 Å². The van der Waals surface area contributed by atoms with Crippen LogP contribution >= 0.6 is 11.6 Å². The van der Waals surface area contributed by atoms with Gasteiger partial charge in [-0.3, -0.25) is 4.79 Å². The van der Waals surface area contributed by atoms with Gasteiger partial charge < -0.3 is 10.1 Å². The van der Waals surface area contributed by atoms with Crippen molar-refractivity contribution in [2.24, 2.45) is 0 Å². The molecule has 0 fully saturated rings. The van der Waals surface area contributed by atoms with E-state index >= 15 is 0 Å². The molecule has 0 aliphatic heterocycles. The van der Waals surface area contributed by atoms with E-state index in [0.29, 0.717) is 29.5 Å². The summed E-state index contributed by atoms with van der Waals surface area (Å²) in [6.07, 6.45) is 0.425. The van der Waals surface area contributed by atoms with Crippen molar-refractivity contribution in [3.8, 4) is 5.75 Å². The number of nitrogens with one attached hydrogen (secondary N) is 1. The first-order valence-corrected chi connectivity index (χ1v) is 10.5. The van der Waals surface area contributed by atoms with Gasteiger partial charge in [-0.2, -0.15) is 0 Å². The van der Waals surface area contributed by atoms with Gasteiger partial charge >= 0.3 is 0 Å². The number of carbonyl (C=O) groups is 1. The standard InChI is InChI=1S/C19H22ClFN2O4S/c1-3-27-18-11-6-14(20)13-17(18)22-19(24)5-4-12-23(2)28(25,26)16-9-7-15(21)8-10-16/h6-11,13H,3-5,12H2,1-2H3,(H,22,24). The van der Waals surface area contributed by atoms with E-state index in [4.69, 9.17) is 16.3 Å². The zero-order valence-corrected chi connectivity index (χ0v) is 17.2. The molecule has 0 bridgehead atoms. The molecule has 28 heavy (non-hydrogen) atoms. The second-order valence-electron chi connectivity index (χ2n) is 6.01. The van der Waals surface area contributed by atoms with Gasteiger partial charge in [0, 0.05) is 25.0 Å². The molecular formula is C19H22ClFN2O4S. The summed E-state index contributed by atoms with van der Waals surface area (Å²) in [6, 6.07) is 9.53. The van der Waals surface area contributed by atoms with Crippen LogP contribution in [0.25, 0.3) is 0 Å². The van der Waals surface area contributed by atoms with Crippen LogP contribution in [-0.4, -0.2) is 38.8 Å². The minimum atomic E-state index is -3.73. The Balaban J connectivity index is 1.91. The predicted octanol–water partition coefficient (Wildman–Crippen LogP) is 3.92. The van der Waals surface area contributed by atoms with Gasteiger partial charge in [0.15, 0.2) is 0 Å². The molecule has 0 radical (unpaired) electrons. The second kappa shape index (κ2) is 9.86. The number of halogens is 2. The number of hydrogen-bond donors (Lipinski definition) is 1. The van der Waals surface area contributed by atoms with E-state index in [1.54, 1.807) is 18.2 Å². The lowest BCUT2D eigenvalue weighted by Crippen LogP contribution is -2.28. The Bertz CT molecular complexity index is 920. The highest BCUT2D eigenvalue weighted by Crippen LogP contribution is 2.28. The van der Waals surface area contributed by atoms with Crippen molar-refractivity contribution in [1.82, 2.24) is 4.31 Å². The minimum absolute atomic E-state index is 0.00105. The van der Waals surface area contributed by atoms with E-state index in [1.807, 2.05) is 6.92 Å². The number of anilines is 1. The summed E-state index contributed by atoms with van der Waals surface area (Å²) in [7, 11) is -2.32. The molecule has 6 nitrogen and oxygen atoms in total. The monoisotopic (exact) mass is 428 g/mol. The smallest absolute Gasteiger partial charge is 0.242 e. The third-order valence-electron chi connectivity index (χ3n) is 3.91. The summed E-state index contributed by atoms with van der Waals surface area (Å²) < 4.78 is 44.4. The highest BCUT2D eigenvalue weighted by molar-refractivity contribution is 7.89. The van der Waals surface area contributed by atoms with Gasteiger partial charge in [-0.25, -0.2) is 17.1 Å². The molecule has 0 unspecified atom stereocenters. The van der Waals surface area contributed by atoms with Crippen molar-refractivity contribution >= 4 is 33.2 Å². The second-order valence-corrected chi connectivity index (χ2v) is 8.49. The summed E-state index contributed by atoms with van der Waals surface area (Å²) in [5.41, 5.74) is 0.464. The highest BCUT2D eigenvalue weighted by atomic mass is 35.5. The molecular weight excluding hydrogens is 407 g/mol. The molecule has 0 heterocycles. The molecule has 0 saturated heterocycles. The van der Waals surface area contributed by atoms with Crippen molar-refractivity contribution in [2.45, 2.75) is 24.7 Å². The molecule has 2 rings (SSSR count). The van der Waals surface area contributed by atoms with Crippen molar-refractivity contribution < 1.29 is 22.3 Å². The highest BCUT2D eigenvalue weighted by Gasteiger charge is 2.20. The molecule has 0 aromatic heterocycles. The molecule has 0 atom stereocenters. The van der Waals surface area contributed by atoms with Crippen molar-refractivity contribution in [1.29, 1.82) is 0 Å². The van der Waals surface area contributed by atoms with Crippen LogP contribution in [-0.2, 0) is 14.8 Å². The summed E-state index contributed by atoms with van der Waals surface area (Å²) in [5, 5.41) is 3.19. The van der Waals surface area contributed by atoms with Crippen LogP contribution in [0.15, 0.2) is 47.4 Å². The van der Waals surface area contributed by atoms with Crippen molar-refractivity contribution in [2.75, 3.05) is 25.5 Å². The Labute approximate surface area is 169 Å². The van der Waals surface area contributed by atoms with Crippen LogP contribution in [0.5, 0.6) is 5.75 Å². The first-order chi connectivity index (χ1) is 13.2. The Kier molecular flexibility index (Phi) is 7.79. The van der Waals surface area contributed by atoms with Gasteiger partial charge in [0.25, 0.3) is 0 Å². The minimum Gasteiger partial charge on any atom is -0.492 e. The maximum atomic E-state index is 13.0. The number of carbonyl (C=O) groups excluding carboxylic acids is 1. The zero-order chi connectivity index (χ0) is 20.7. The number of nitrogens with zero attached hydrogens (tertiary/aromatic N) is 1. The van der Waals surface area contributed by atoms with E-state index in [9.17, 15) is 17.6 Å². The molecule has 2 aromatic carbocycles. The quantitative estimate of drug-likeness (QED) is 0.656. The number of rotatable bonds is 9. The molecule has 0 aliphatic carbocycles. The van der Waals surface area contributed by atoms with E-state index in [0.717, 1.165) is 16.4 Å². The fourth-order valence-electron chi connectivity index (χ4n) is 2.46. The summed E-state index contributed by atoms with van der Waals surface area (Å²) in [4.78, 5) is 12.2. The Morgan fingerprint density at radius 1 is 1.21 bits per heavy atom. The first kappa shape index (κ1) is 22.1. The molecule has 0 aliphatic rings. The molecule has 9 heteroatoms. The zero-order valence-electron chi connectivity index (χ0n) is 15.6. The van der Waals surface area contributed by atoms with Crippen LogP contribution in [0.4, 0.5) is 10.1 Å². The van der Waals surface area contributed by atoms with E-state index in [1.165, 1.54) is 19.2 Å². The summed E-state index contributed by atoms with van der Waals surface area (Å²) >= 11 is 5.96. The topological polar surface area (TPSA) is 75.7 Å². The Morgan fingerprint density at radius 3 is 2.54 bits per heavy atom. The normalized spacial score (nSPS) is 11.5. The maximum absolute atomic E-state index is 13.0. The maximum Gasteiger partial charge on any atom is 0.242 e. The van der Waals surface area contributed by atoms with Gasteiger partial charge in [-0.15, -0.1) is 0 Å². The molecule has 152 valence electrons. The average molecular weight is 429 g/mol. The lowest BCUT2D eigenvalue weighted by atomic mass is 10.2. The van der Waals surface area contributed by atoms with E-state index in [-0.39, 0.29) is 23.8 Å². The fraction of sp³-hybridized carbons (Fsp3) is 0.316. The van der Waals surface area contributed by atoms with Crippen LogP contribution < -0.4 is 10.1 Å². The van der Waals surface area contributed by atoms with Gasteiger partial charge in [0.1, 0.15) is 11.6 Å². The molecule has 1 N–H and O–H groups in total. The third kappa shape index (κ3) is 5.92. The Morgan fingerprint density at radius 2 is 1.89 bits per heavy atom. The van der Waals surface area contributed by atoms with E-state index in [2.05, 4.69) is 5.32 Å². The number of sulfonamides is 1. The lowest BCUT2D eigenvalue weighted by Gasteiger charge is -2.17. The van der Waals surface area contributed by atoms with Gasteiger partial charge in [0.05, 0.1) is 17.2 Å². The number of ether oxygens (including phenoxy) is 1. The first-order valence-electron chi connectivity index (χ1n) is 8.68. The molecule has 0 saturated carbocycles. The molecule has 2 aromatic rings. The number of benzene rings is 2. The Hall–Kier alpha value is -2.16. The van der Waals surface area contributed by atoms with Crippen molar-refractivity contribution in [3.63, 3.8) is 0 Å². The van der Waals surface area contributed by atoms with Crippen LogP contribution in [0.2, 0.25) is 5.02 Å². The fourth-order valence-corrected chi connectivity index (χ4v) is 3.84. The van der Waals surface area contributed by atoms with Crippen LogP contribution in [0.3, 0.4) is 0 Å². The number of hydrogen-bond acceptors (Lipinski definition) is 4.